The van der Waals surface area contributed by atoms with Crippen LogP contribution in [0.15, 0.2) is 30.5 Å². The van der Waals surface area contributed by atoms with Gasteiger partial charge in [-0.05, 0) is 31.5 Å². The van der Waals surface area contributed by atoms with Crippen molar-refractivity contribution in [2.75, 3.05) is 6.54 Å². The number of rotatable bonds is 4. The molecule has 8 heteroatoms. The van der Waals surface area contributed by atoms with Crippen LogP contribution in [0.5, 0.6) is 0 Å². The second-order valence-electron chi connectivity index (χ2n) is 5.27. The van der Waals surface area contributed by atoms with Crippen LogP contribution in [0.1, 0.15) is 39.1 Å². The summed E-state index contributed by atoms with van der Waals surface area (Å²) in [6.45, 7) is 3.10. The lowest BCUT2D eigenvalue weighted by Crippen LogP contribution is -2.29. The van der Waals surface area contributed by atoms with Crippen molar-refractivity contribution in [1.82, 2.24) is 15.3 Å². The van der Waals surface area contributed by atoms with Gasteiger partial charge in [-0.1, -0.05) is 12.1 Å². The Morgan fingerprint density at radius 2 is 2.04 bits per heavy atom. The number of amides is 1. The smallest absolute Gasteiger partial charge is 0.387 e. The fraction of sp³-hybridized carbons (Fsp3) is 0.312. The first-order valence-corrected chi connectivity index (χ1v) is 7.12. The highest BCUT2D eigenvalue weighted by Crippen LogP contribution is 2.30. The Bertz CT molecular complexity index is 748. The number of carbonyl (C=O) groups excluding carboxylic acids is 1. The number of aliphatic hydroxyl groups is 1. The summed E-state index contributed by atoms with van der Waals surface area (Å²) in [4.78, 5) is 20.0. The second-order valence-corrected chi connectivity index (χ2v) is 5.27. The maximum absolute atomic E-state index is 12.7. The van der Waals surface area contributed by atoms with Crippen LogP contribution >= 0.6 is 0 Å². The van der Waals surface area contributed by atoms with Gasteiger partial charge in [0.15, 0.2) is 0 Å². The third kappa shape index (κ3) is 4.29. The number of hydrogen-bond donors (Lipinski definition) is 2. The molecule has 0 spiro atoms. The van der Waals surface area contributed by atoms with Crippen molar-refractivity contribution >= 4 is 5.91 Å². The van der Waals surface area contributed by atoms with Crippen molar-refractivity contribution in [1.29, 1.82) is 0 Å². The van der Waals surface area contributed by atoms with E-state index in [1.54, 1.807) is 13.8 Å². The van der Waals surface area contributed by atoms with E-state index in [0.29, 0.717) is 11.5 Å². The van der Waals surface area contributed by atoms with Gasteiger partial charge in [0.25, 0.3) is 5.91 Å². The molecule has 0 radical (unpaired) electrons. The second kappa shape index (κ2) is 6.96. The van der Waals surface area contributed by atoms with E-state index in [1.165, 1.54) is 18.3 Å². The van der Waals surface area contributed by atoms with Crippen LogP contribution in [0.2, 0.25) is 0 Å². The lowest BCUT2D eigenvalue weighted by Gasteiger charge is -2.15. The number of nitrogens with zero attached hydrogens (tertiary/aromatic N) is 2. The predicted octanol–water partition coefficient (Wildman–Crippen LogP) is 2.58. The first kappa shape index (κ1) is 17.9. The van der Waals surface area contributed by atoms with Crippen molar-refractivity contribution < 1.29 is 23.1 Å². The Morgan fingerprint density at radius 3 is 2.67 bits per heavy atom. The molecule has 0 bridgehead atoms. The zero-order chi connectivity index (χ0) is 17.9. The Morgan fingerprint density at radius 1 is 1.33 bits per heavy atom. The number of aliphatic hydroxyl groups excluding tert-OH is 1. The molecule has 0 saturated carbocycles. The van der Waals surface area contributed by atoms with Crippen molar-refractivity contribution in [2.45, 2.75) is 26.1 Å². The maximum Gasteiger partial charge on any atom is 0.416 e. The molecule has 128 valence electrons. The van der Waals surface area contributed by atoms with Crippen LogP contribution < -0.4 is 5.32 Å². The minimum Gasteiger partial charge on any atom is -0.387 e. The van der Waals surface area contributed by atoms with Crippen LogP contribution in [-0.4, -0.2) is 27.5 Å². The van der Waals surface area contributed by atoms with Crippen LogP contribution in [0.25, 0.3) is 0 Å². The minimum absolute atomic E-state index is 0.0713. The van der Waals surface area contributed by atoms with E-state index in [1.807, 2.05) is 0 Å². The fourth-order valence-corrected chi connectivity index (χ4v) is 2.13. The molecule has 1 aromatic carbocycles. The largest absolute Gasteiger partial charge is 0.416 e. The Labute approximate surface area is 136 Å². The van der Waals surface area contributed by atoms with Crippen molar-refractivity contribution in [3.8, 4) is 0 Å². The fourth-order valence-electron chi connectivity index (χ4n) is 2.13. The lowest BCUT2D eigenvalue weighted by molar-refractivity contribution is -0.137. The third-order valence-electron chi connectivity index (χ3n) is 3.40. The van der Waals surface area contributed by atoms with Crippen LogP contribution in [-0.2, 0) is 6.18 Å². The predicted molar refractivity (Wildman–Crippen MR) is 80.2 cm³/mol. The van der Waals surface area contributed by atoms with Crippen molar-refractivity contribution in [3.05, 3.63) is 58.7 Å². The molecule has 0 aliphatic rings. The monoisotopic (exact) mass is 339 g/mol. The van der Waals surface area contributed by atoms with Gasteiger partial charge in [0.1, 0.15) is 5.82 Å². The van der Waals surface area contributed by atoms with Crippen molar-refractivity contribution in [3.63, 3.8) is 0 Å². The third-order valence-corrected chi connectivity index (χ3v) is 3.40. The van der Waals surface area contributed by atoms with Crippen LogP contribution in [0.3, 0.4) is 0 Å². The average molecular weight is 339 g/mol. The SMILES string of the molecule is Cc1ncc(C(=O)NCC(O)c2cccc(C(F)(F)F)c2)c(C)n1. The van der Waals surface area contributed by atoms with E-state index in [9.17, 15) is 23.1 Å². The zero-order valence-corrected chi connectivity index (χ0v) is 13.1. The molecule has 1 heterocycles. The molecule has 0 aliphatic heterocycles. The number of halogens is 3. The molecule has 2 N–H and O–H groups in total. The molecule has 2 rings (SSSR count). The van der Waals surface area contributed by atoms with Gasteiger partial charge in [-0.2, -0.15) is 13.2 Å². The summed E-state index contributed by atoms with van der Waals surface area (Å²) in [7, 11) is 0. The molecule has 2 aromatic rings. The van der Waals surface area contributed by atoms with Gasteiger partial charge in [0.05, 0.1) is 22.9 Å². The molecular weight excluding hydrogens is 323 g/mol. The first-order valence-electron chi connectivity index (χ1n) is 7.12. The molecule has 1 atom stereocenters. The number of aryl methyl sites for hydroxylation is 2. The van der Waals surface area contributed by atoms with E-state index in [2.05, 4.69) is 15.3 Å². The molecule has 1 aromatic heterocycles. The van der Waals surface area contributed by atoms with Gasteiger partial charge >= 0.3 is 6.18 Å². The maximum atomic E-state index is 12.7. The number of hydrogen-bond acceptors (Lipinski definition) is 4. The summed E-state index contributed by atoms with van der Waals surface area (Å²) in [5, 5.41) is 12.5. The topological polar surface area (TPSA) is 75.1 Å². The number of benzene rings is 1. The summed E-state index contributed by atoms with van der Waals surface area (Å²) >= 11 is 0. The number of aromatic nitrogens is 2. The van der Waals surface area contributed by atoms with Gasteiger partial charge in [0.2, 0.25) is 0 Å². The summed E-state index contributed by atoms with van der Waals surface area (Å²) in [5.74, 6) is 0.0200. The quantitative estimate of drug-likeness (QED) is 0.898. The molecule has 1 unspecified atom stereocenters. The van der Waals surface area contributed by atoms with E-state index < -0.39 is 23.8 Å². The summed E-state index contributed by atoms with van der Waals surface area (Å²) in [6, 6.07) is 4.35. The van der Waals surface area contributed by atoms with Gasteiger partial charge in [0, 0.05) is 12.7 Å². The lowest BCUT2D eigenvalue weighted by atomic mass is 10.1. The summed E-state index contributed by atoms with van der Waals surface area (Å²) in [6.07, 6.45) is -4.39. The van der Waals surface area contributed by atoms with Crippen LogP contribution in [0.4, 0.5) is 13.2 Å². The molecule has 0 saturated heterocycles. The molecule has 5 nitrogen and oxygen atoms in total. The highest BCUT2D eigenvalue weighted by molar-refractivity contribution is 5.94. The molecule has 0 fully saturated rings. The van der Waals surface area contributed by atoms with Crippen LogP contribution in [0, 0.1) is 13.8 Å². The number of nitrogens with one attached hydrogen (secondary N) is 1. The average Bonchev–Trinajstić information content (AvgIpc) is 2.51. The Hall–Kier alpha value is -2.48. The number of carbonyl (C=O) groups is 1. The zero-order valence-electron chi connectivity index (χ0n) is 13.1. The molecule has 0 aliphatic carbocycles. The van der Waals surface area contributed by atoms with Gasteiger partial charge in [-0.25, -0.2) is 9.97 Å². The highest BCUT2D eigenvalue weighted by Gasteiger charge is 2.30. The van der Waals surface area contributed by atoms with Gasteiger partial charge in [-0.3, -0.25) is 4.79 Å². The summed E-state index contributed by atoms with van der Waals surface area (Å²) < 4.78 is 38.0. The van der Waals surface area contributed by atoms with Crippen molar-refractivity contribution in [2.24, 2.45) is 0 Å². The van der Waals surface area contributed by atoms with E-state index in [-0.39, 0.29) is 17.7 Å². The molecule has 24 heavy (non-hydrogen) atoms. The van der Waals surface area contributed by atoms with Gasteiger partial charge < -0.3 is 10.4 Å². The Balaban J connectivity index is 2.05. The normalized spacial score (nSPS) is 12.8. The van der Waals surface area contributed by atoms with E-state index >= 15 is 0 Å². The number of alkyl halides is 3. The van der Waals surface area contributed by atoms with E-state index in [0.717, 1.165) is 12.1 Å². The highest BCUT2D eigenvalue weighted by atomic mass is 19.4. The Kier molecular flexibility index (Phi) is 5.18. The minimum atomic E-state index is -4.49. The standard InChI is InChI=1S/C16H16F3N3O2/c1-9-13(7-20-10(2)22-9)15(24)21-8-14(23)11-4-3-5-12(6-11)16(17,18)19/h3-7,14,23H,8H2,1-2H3,(H,21,24). The molecular formula is C16H16F3N3O2. The van der Waals surface area contributed by atoms with E-state index in [4.69, 9.17) is 0 Å². The summed E-state index contributed by atoms with van der Waals surface area (Å²) in [5.41, 5.74) is -0.0550. The molecule has 1 amide bonds. The first-order chi connectivity index (χ1) is 11.2. The van der Waals surface area contributed by atoms with Gasteiger partial charge in [-0.15, -0.1) is 0 Å².